The molecule has 0 radical (unpaired) electrons. The lowest BCUT2D eigenvalue weighted by Crippen LogP contribution is -2.35. The maximum Gasteiger partial charge on any atom is 0.261 e. The van der Waals surface area contributed by atoms with Crippen LogP contribution in [0.25, 0.3) is 11.3 Å². The van der Waals surface area contributed by atoms with Crippen molar-refractivity contribution in [2.24, 2.45) is 0 Å². The summed E-state index contributed by atoms with van der Waals surface area (Å²) in [5.74, 6) is 0.137. The molecule has 1 aliphatic rings. The van der Waals surface area contributed by atoms with Crippen LogP contribution in [0.4, 0.5) is 0 Å². The van der Waals surface area contributed by atoms with Gasteiger partial charge in [0, 0.05) is 11.6 Å². The van der Waals surface area contributed by atoms with E-state index in [1.54, 1.807) is 44.2 Å². The Labute approximate surface area is 121 Å². The molecule has 3 rings (SSSR count). The smallest absolute Gasteiger partial charge is 0.261 e. The molecule has 21 heavy (non-hydrogen) atoms. The minimum Gasteiger partial charge on any atom is -0.453 e. The minimum atomic E-state index is -0.297. The van der Waals surface area contributed by atoms with Crippen molar-refractivity contribution in [1.82, 2.24) is 4.90 Å². The van der Waals surface area contributed by atoms with Gasteiger partial charge in [-0.3, -0.25) is 19.3 Å². The second-order valence-corrected chi connectivity index (χ2v) is 5.15. The largest absolute Gasteiger partial charge is 0.453 e. The zero-order valence-corrected chi connectivity index (χ0v) is 11.6. The second-order valence-electron chi connectivity index (χ2n) is 5.15. The van der Waals surface area contributed by atoms with Crippen LogP contribution >= 0.6 is 0 Å². The van der Waals surface area contributed by atoms with Crippen molar-refractivity contribution >= 4 is 18.1 Å². The fourth-order valence-electron chi connectivity index (χ4n) is 2.45. The Balaban J connectivity index is 2.06. The number of rotatable bonds is 3. The number of aldehydes is 1. The fraction of sp³-hybridized carbons (Fsp3) is 0.188. The van der Waals surface area contributed by atoms with Gasteiger partial charge in [0.1, 0.15) is 5.76 Å². The lowest BCUT2D eigenvalue weighted by Gasteiger charge is -2.17. The Bertz CT molecular complexity index is 757. The summed E-state index contributed by atoms with van der Waals surface area (Å²) in [6, 6.07) is 7.99. The quantitative estimate of drug-likeness (QED) is 0.641. The molecule has 0 aliphatic carbocycles. The maximum atomic E-state index is 12.3. The molecular formula is C16H13NO4. The SMILES string of the molecule is CC(C)N1C(=O)c2ccc(-c3ccc(C=O)o3)cc2C1=O. The first kappa shape index (κ1) is 13.3. The van der Waals surface area contributed by atoms with Crippen LogP contribution < -0.4 is 0 Å². The van der Waals surface area contributed by atoms with Crippen molar-refractivity contribution in [2.45, 2.75) is 19.9 Å². The molecule has 2 amide bonds. The summed E-state index contributed by atoms with van der Waals surface area (Å²) >= 11 is 0. The molecule has 5 heteroatoms. The standard InChI is InChI=1S/C16H13NO4/c1-9(2)17-15(19)12-5-3-10(7-13(12)16(17)20)14-6-4-11(8-18)21-14/h3-9H,1-2H3. The monoisotopic (exact) mass is 283 g/mol. The van der Waals surface area contributed by atoms with E-state index in [-0.39, 0.29) is 23.6 Å². The van der Waals surface area contributed by atoms with E-state index in [0.717, 1.165) is 0 Å². The van der Waals surface area contributed by atoms with Crippen LogP contribution in [0.15, 0.2) is 34.7 Å². The predicted octanol–water partition coefficient (Wildman–Crippen LogP) is 2.76. The van der Waals surface area contributed by atoms with Crippen LogP contribution in [-0.4, -0.2) is 29.0 Å². The van der Waals surface area contributed by atoms with Gasteiger partial charge in [-0.25, -0.2) is 0 Å². The summed E-state index contributed by atoms with van der Waals surface area (Å²) in [5, 5.41) is 0. The molecule has 106 valence electrons. The van der Waals surface area contributed by atoms with Crippen molar-refractivity contribution in [2.75, 3.05) is 0 Å². The highest BCUT2D eigenvalue weighted by Gasteiger charge is 2.37. The van der Waals surface area contributed by atoms with Gasteiger partial charge in [-0.2, -0.15) is 0 Å². The zero-order chi connectivity index (χ0) is 15.1. The van der Waals surface area contributed by atoms with Gasteiger partial charge in [0.15, 0.2) is 12.0 Å². The number of fused-ring (bicyclic) bond motifs is 1. The number of hydrogen-bond donors (Lipinski definition) is 0. The van der Waals surface area contributed by atoms with Gasteiger partial charge in [0.05, 0.1) is 11.1 Å². The Morgan fingerprint density at radius 2 is 1.76 bits per heavy atom. The molecule has 0 saturated heterocycles. The summed E-state index contributed by atoms with van der Waals surface area (Å²) in [7, 11) is 0. The topological polar surface area (TPSA) is 67.6 Å². The Morgan fingerprint density at radius 3 is 2.38 bits per heavy atom. The number of imide groups is 1. The van der Waals surface area contributed by atoms with Crippen molar-refractivity contribution in [3.05, 3.63) is 47.2 Å². The van der Waals surface area contributed by atoms with Crippen molar-refractivity contribution in [1.29, 1.82) is 0 Å². The summed E-state index contributed by atoms with van der Waals surface area (Å²) < 4.78 is 5.34. The molecule has 0 spiro atoms. The summed E-state index contributed by atoms with van der Waals surface area (Å²) in [6.45, 7) is 3.59. The molecule has 1 aromatic heterocycles. The Kier molecular flexibility index (Phi) is 2.97. The van der Waals surface area contributed by atoms with Crippen LogP contribution in [0, 0.1) is 0 Å². The average molecular weight is 283 g/mol. The molecule has 2 aromatic rings. The molecule has 1 aliphatic heterocycles. The zero-order valence-electron chi connectivity index (χ0n) is 11.6. The van der Waals surface area contributed by atoms with Gasteiger partial charge in [-0.1, -0.05) is 6.07 Å². The van der Waals surface area contributed by atoms with Crippen LogP contribution in [0.1, 0.15) is 45.1 Å². The molecule has 0 saturated carbocycles. The maximum absolute atomic E-state index is 12.3. The van der Waals surface area contributed by atoms with Crippen LogP contribution in [0.2, 0.25) is 0 Å². The van der Waals surface area contributed by atoms with E-state index in [9.17, 15) is 14.4 Å². The number of hydrogen-bond acceptors (Lipinski definition) is 4. The first-order valence-electron chi connectivity index (χ1n) is 6.60. The number of furan rings is 1. The van der Waals surface area contributed by atoms with E-state index in [1.165, 1.54) is 4.90 Å². The van der Waals surface area contributed by atoms with Crippen molar-refractivity contribution < 1.29 is 18.8 Å². The number of nitrogens with zero attached hydrogens (tertiary/aromatic N) is 1. The number of benzene rings is 1. The average Bonchev–Trinajstić information content (AvgIpc) is 3.03. The Hall–Kier alpha value is -2.69. The first-order valence-corrected chi connectivity index (χ1v) is 6.60. The second kappa shape index (κ2) is 4.70. The van der Waals surface area contributed by atoms with Gasteiger partial charge in [-0.05, 0) is 38.1 Å². The van der Waals surface area contributed by atoms with Gasteiger partial charge < -0.3 is 4.42 Å². The molecule has 5 nitrogen and oxygen atoms in total. The van der Waals surface area contributed by atoms with Crippen LogP contribution in [0.3, 0.4) is 0 Å². The molecule has 0 bridgehead atoms. The van der Waals surface area contributed by atoms with E-state index in [1.807, 2.05) is 0 Å². The minimum absolute atomic E-state index is 0.189. The lowest BCUT2D eigenvalue weighted by molar-refractivity contribution is 0.0609. The molecule has 0 N–H and O–H groups in total. The van der Waals surface area contributed by atoms with E-state index in [0.29, 0.717) is 28.7 Å². The van der Waals surface area contributed by atoms with Crippen LogP contribution in [0.5, 0.6) is 0 Å². The number of carbonyl (C=O) groups is 3. The number of carbonyl (C=O) groups excluding carboxylic acids is 3. The highest BCUT2D eigenvalue weighted by atomic mass is 16.3. The number of amides is 2. The van der Waals surface area contributed by atoms with E-state index < -0.39 is 0 Å². The summed E-state index contributed by atoms with van der Waals surface area (Å²) in [6.07, 6.45) is 0.617. The van der Waals surface area contributed by atoms with Gasteiger partial charge >= 0.3 is 0 Å². The predicted molar refractivity (Wildman–Crippen MR) is 75.2 cm³/mol. The summed E-state index contributed by atoms with van der Waals surface area (Å²) in [4.78, 5) is 36.4. The van der Waals surface area contributed by atoms with Gasteiger partial charge in [0.25, 0.3) is 11.8 Å². The van der Waals surface area contributed by atoms with Gasteiger partial charge in [-0.15, -0.1) is 0 Å². The fourth-order valence-corrected chi connectivity index (χ4v) is 2.45. The third-order valence-corrected chi connectivity index (χ3v) is 3.46. The van der Waals surface area contributed by atoms with E-state index in [4.69, 9.17) is 4.42 Å². The molecule has 2 heterocycles. The lowest BCUT2D eigenvalue weighted by atomic mass is 10.0. The third-order valence-electron chi connectivity index (χ3n) is 3.46. The molecule has 1 aromatic carbocycles. The van der Waals surface area contributed by atoms with Crippen molar-refractivity contribution in [3.63, 3.8) is 0 Å². The molecule has 0 atom stereocenters. The highest BCUT2D eigenvalue weighted by Crippen LogP contribution is 2.30. The molecule has 0 unspecified atom stereocenters. The summed E-state index contributed by atoms with van der Waals surface area (Å²) in [5.41, 5.74) is 1.43. The normalized spacial score (nSPS) is 14.0. The van der Waals surface area contributed by atoms with Gasteiger partial charge in [0.2, 0.25) is 0 Å². The van der Waals surface area contributed by atoms with Crippen molar-refractivity contribution in [3.8, 4) is 11.3 Å². The van der Waals surface area contributed by atoms with Crippen LogP contribution in [-0.2, 0) is 0 Å². The third kappa shape index (κ3) is 1.98. The van der Waals surface area contributed by atoms with E-state index >= 15 is 0 Å². The Morgan fingerprint density at radius 1 is 1.05 bits per heavy atom. The molecular weight excluding hydrogens is 270 g/mol. The first-order chi connectivity index (χ1) is 10.0. The highest BCUT2D eigenvalue weighted by molar-refractivity contribution is 6.21. The van der Waals surface area contributed by atoms with E-state index in [2.05, 4.69) is 0 Å². The molecule has 0 fully saturated rings.